The first-order chi connectivity index (χ1) is 5.86. The zero-order valence-electron chi connectivity index (χ0n) is 8.13. The van der Waals surface area contributed by atoms with Crippen LogP contribution in [0, 0.1) is 5.92 Å². The molecule has 1 aliphatic rings. The maximum Gasteiger partial charge on any atom is 0.0443 e. The monoisotopic (exact) mass is 171 g/mol. The quantitative estimate of drug-likeness (QED) is 0.692. The van der Waals surface area contributed by atoms with Gasteiger partial charge < -0.3 is 10.0 Å². The summed E-state index contributed by atoms with van der Waals surface area (Å²) in [5.74, 6) is 0.914. The first-order valence-electron chi connectivity index (χ1n) is 5.20. The van der Waals surface area contributed by atoms with Gasteiger partial charge in [-0.25, -0.2) is 0 Å². The number of rotatable bonds is 4. The number of aliphatic hydroxyl groups is 1. The molecule has 1 rings (SSSR count). The third kappa shape index (κ3) is 3.11. The van der Waals surface area contributed by atoms with Crippen molar-refractivity contribution in [2.24, 2.45) is 5.92 Å². The Kier molecular flexibility index (Phi) is 4.62. The first-order valence-corrected chi connectivity index (χ1v) is 5.20. The minimum atomic E-state index is 0.341. The molecule has 1 fully saturated rings. The van der Waals surface area contributed by atoms with E-state index in [9.17, 15) is 0 Å². The van der Waals surface area contributed by atoms with Gasteiger partial charge in [0.15, 0.2) is 0 Å². The molecule has 0 aromatic carbocycles. The lowest BCUT2D eigenvalue weighted by atomic mass is 9.96. The first kappa shape index (κ1) is 10.0. The molecule has 0 radical (unpaired) electrons. The second-order valence-electron chi connectivity index (χ2n) is 3.79. The van der Waals surface area contributed by atoms with Crippen LogP contribution in [-0.2, 0) is 0 Å². The standard InChI is InChI=1S/C10H21NO/c1-2-10-5-3-6-11(9-10)7-4-8-12/h10,12H,2-9H2,1H3. The summed E-state index contributed by atoms with van der Waals surface area (Å²) in [6.45, 7) is 6.22. The van der Waals surface area contributed by atoms with Crippen molar-refractivity contribution in [3.8, 4) is 0 Å². The Morgan fingerprint density at radius 3 is 3.00 bits per heavy atom. The molecule has 0 spiro atoms. The van der Waals surface area contributed by atoms with Crippen molar-refractivity contribution in [3.05, 3.63) is 0 Å². The molecular weight excluding hydrogens is 150 g/mol. The lowest BCUT2D eigenvalue weighted by molar-refractivity contribution is 0.156. The summed E-state index contributed by atoms with van der Waals surface area (Å²) in [5, 5.41) is 8.69. The summed E-state index contributed by atoms with van der Waals surface area (Å²) in [7, 11) is 0. The van der Waals surface area contributed by atoms with Crippen molar-refractivity contribution >= 4 is 0 Å². The maximum atomic E-state index is 8.69. The van der Waals surface area contributed by atoms with Gasteiger partial charge in [-0.1, -0.05) is 13.3 Å². The molecule has 0 aromatic heterocycles. The summed E-state index contributed by atoms with van der Waals surface area (Å²) >= 11 is 0. The molecule has 12 heavy (non-hydrogen) atoms. The van der Waals surface area contributed by atoms with Crippen molar-refractivity contribution in [1.82, 2.24) is 4.90 Å². The van der Waals surface area contributed by atoms with Crippen molar-refractivity contribution in [2.45, 2.75) is 32.6 Å². The summed E-state index contributed by atoms with van der Waals surface area (Å²) in [5.41, 5.74) is 0. The van der Waals surface area contributed by atoms with Crippen LogP contribution in [0.25, 0.3) is 0 Å². The molecule has 1 N–H and O–H groups in total. The fraction of sp³-hybridized carbons (Fsp3) is 1.00. The van der Waals surface area contributed by atoms with Crippen LogP contribution in [-0.4, -0.2) is 36.2 Å². The highest BCUT2D eigenvalue weighted by molar-refractivity contribution is 4.71. The molecule has 1 aliphatic heterocycles. The van der Waals surface area contributed by atoms with Crippen LogP contribution < -0.4 is 0 Å². The van der Waals surface area contributed by atoms with Gasteiger partial charge in [-0.3, -0.25) is 0 Å². The minimum absolute atomic E-state index is 0.341. The Bertz CT molecular complexity index is 116. The van der Waals surface area contributed by atoms with E-state index in [-0.39, 0.29) is 0 Å². The van der Waals surface area contributed by atoms with Crippen molar-refractivity contribution < 1.29 is 5.11 Å². The molecule has 2 heteroatoms. The average Bonchev–Trinajstić information content (AvgIpc) is 2.15. The van der Waals surface area contributed by atoms with E-state index in [4.69, 9.17) is 5.11 Å². The van der Waals surface area contributed by atoms with E-state index in [1.807, 2.05) is 0 Å². The zero-order chi connectivity index (χ0) is 8.81. The smallest absolute Gasteiger partial charge is 0.0443 e. The summed E-state index contributed by atoms with van der Waals surface area (Å²) in [6.07, 6.45) is 5.02. The fourth-order valence-electron chi connectivity index (χ4n) is 1.98. The number of piperidine rings is 1. The molecule has 0 aromatic rings. The zero-order valence-corrected chi connectivity index (χ0v) is 8.13. The van der Waals surface area contributed by atoms with Crippen LogP contribution in [0.5, 0.6) is 0 Å². The number of likely N-dealkylation sites (tertiary alicyclic amines) is 1. The maximum absolute atomic E-state index is 8.69. The number of hydrogen-bond acceptors (Lipinski definition) is 2. The van der Waals surface area contributed by atoms with Crippen LogP contribution in [0.4, 0.5) is 0 Å². The van der Waals surface area contributed by atoms with Gasteiger partial charge in [-0.2, -0.15) is 0 Å². The normalized spacial score (nSPS) is 26.0. The van der Waals surface area contributed by atoms with Crippen LogP contribution in [0.15, 0.2) is 0 Å². The van der Waals surface area contributed by atoms with Crippen LogP contribution in [0.1, 0.15) is 32.6 Å². The summed E-state index contributed by atoms with van der Waals surface area (Å²) < 4.78 is 0. The Hall–Kier alpha value is -0.0800. The molecular formula is C10H21NO. The van der Waals surface area contributed by atoms with E-state index in [0.29, 0.717) is 6.61 Å². The van der Waals surface area contributed by atoms with E-state index in [1.165, 1.54) is 32.4 Å². The van der Waals surface area contributed by atoms with Crippen molar-refractivity contribution in [3.63, 3.8) is 0 Å². The van der Waals surface area contributed by atoms with E-state index < -0.39 is 0 Å². The molecule has 1 heterocycles. The van der Waals surface area contributed by atoms with Crippen LogP contribution in [0.2, 0.25) is 0 Å². The van der Waals surface area contributed by atoms with Gasteiger partial charge in [0.25, 0.3) is 0 Å². The molecule has 0 saturated carbocycles. The van der Waals surface area contributed by atoms with E-state index in [0.717, 1.165) is 18.9 Å². The van der Waals surface area contributed by atoms with Gasteiger partial charge in [0.2, 0.25) is 0 Å². The predicted octanol–water partition coefficient (Wildman–Crippen LogP) is 1.49. The van der Waals surface area contributed by atoms with Gasteiger partial charge in [0.1, 0.15) is 0 Å². The number of hydrogen-bond donors (Lipinski definition) is 1. The molecule has 0 bridgehead atoms. The Labute approximate surface area is 75.6 Å². The predicted molar refractivity (Wildman–Crippen MR) is 51.2 cm³/mol. The Morgan fingerprint density at radius 2 is 2.33 bits per heavy atom. The topological polar surface area (TPSA) is 23.5 Å². The second-order valence-corrected chi connectivity index (χ2v) is 3.79. The van der Waals surface area contributed by atoms with Gasteiger partial charge >= 0.3 is 0 Å². The number of aliphatic hydroxyl groups excluding tert-OH is 1. The van der Waals surface area contributed by atoms with Crippen molar-refractivity contribution in [1.29, 1.82) is 0 Å². The molecule has 1 unspecified atom stereocenters. The van der Waals surface area contributed by atoms with Crippen LogP contribution >= 0.6 is 0 Å². The summed E-state index contributed by atoms with van der Waals surface area (Å²) in [6, 6.07) is 0. The molecule has 0 aliphatic carbocycles. The third-order valence-electron chi connectivity index (χ3n) is 2.81. The highest BCUT2D eigenvalue weighted by Crippen LogP contribution is 2.18. The van der Waals surface area contributed by atoms with E-state index in [2.05, 4.69) is 11.8 Å². The minimum Gasteiger partial charge on any atom is -0.396 e. The molecule has 2 nitrogen and oxygen atoms in total. The Balaban J connectivity index is 2.16. The van der Waals surface area contributed by atoms with Gasteiger partial charge in [0, 0.05) is 19.7 Å². The van der Waals surface area contributed by atoms with E-state index >= 15 is 0 Å². The highest BCUT2D eigenvalue weighted by atomic mass is 16.3. The lowest BCUT2D eigenvalue weighted by Crippen LogP contribution is -2.36. The summed E-state index contributed by atoms with van der Waals surface area (Å²) in [4.78, 5) is 2.49. The second kappa shape index (κ2) is 5.55. The molecule has 1 atom stereocenters. The van der Waals surface area contributed by atoms with Gasteiger partial charge in [-0.15, -0.1) is 0 Å². The lowest BCUT2D eigenvalue weighted by Gasteiger charge is -2.31. The fourth-order valence-corrected chi connectivity index (χ4v) is 1.98. The molecule has 0 amide bonds. The SMILES string of the molecule is CCC1CCCN(CCCO)C1. The van der Waals surface area contributed by atoms with Gasteiger partial charge in [-0.05, 0) is 31.7 Å². The average molecular weight is 171 g/mol. The number of nitrogens with zero attached hydrogens (tertiary/aromatic N) is 1. The molecule has 1 saturated heterocycles. The van der Waals surface area contributed by atoms with Crippen LogP contribution in [0.3, 0.4) is 0 Å². The molecule has 72 valence electrons. The van der Waals surface area contributed by atoms with E-state index in [1.54, 1.807) is 0 Å². The van der Waals surface area contributed by atoms with Crippen molar-refractivity contribution in [2.75, 3.05) is 26.2 Å². The highest BCUT2D eigenvalue weighted by Gasteiger charge is 2.17. The third-order valence-corrected chi connectivity index (χ3v) is 2.81. The largest absolute Gasteiger partial charge is 0.396 e. The van der Waals surface area contributed by atoms with Gasteiger partial charge in [0.05, 0.1) is 0 Å². The Morgan fingerprint density at radius 1 is 1.50 bits per heavy atom.